The molecule has 0 aliphatic heterocycles. The van der Waals surface area contributed by atoms with E-state index in [2.05, 4.69) is 29.4 Å². The minimum absolute atomic E-state index is 0.0558. The van der Waals surface area contributed by atoms with E-state index >= 15 is 0 Å². The normalized spacial score (nSPS) is 13.2. The minimum atomic E-state index is 0.0558. The van der Waals surface area contributed by atoms with Crippen LogP contribution in [0, 0.1) is 5.92 Å². The van der Waals surface area contributed by atoms with Gasteiger partial charge in [-0.25, -0.2) is 0 Å². The van der Waals surface area contributed by atoms with Gasteiger partial charge in [-0.05, 0) is 32.4 Å². The van der Waals surface area contributed by atoms with Crippen LogP contribution in [-0.4, -0.2) is 30.4 Å². The van der Waals surface area contributed by atoms with Crippen LogP contribution in [0.4, 0.5) is 0 Å². The van der Waals surface area contributed by atoms with Crippen LogP contribution < -0.4 is 5.32 Å². The second kappa shape index (κ2) is 7.74. The van der Waals surface area contributed by atoms with Crippen molar-refractivity contribution in [3.8, 4) is 0 Å². The number of nitrogens with one attached hydrogen (secondary N) is 1. The van der Waals surface area contributed by atoms with Crippen LogP contribution in [0.25, 0.3) is 0 Å². The highest BCUT2D eigenvalue weighted by molar-refractivity contribution is 7.11. The van der Waals surface area contributed by atoms with Crippen molar-refractivity contribution in [2.75, 3.05) is 20.2 Å². The van der Waals surface area contributed by atoms with Crippen LogP contribution >= 0.6 is 11.3 Å². The largest absolute Gasteiger partial charge is 0.374 e. The fourth-order valence-corrected chi connectivity index (χ4v) is 2.30. The first-order valence-electron chi connectivity index (χ1n) is 6.19. The maximum atomic E-state index is 5.21. The van der Waals surface area contributed by atoms with E-state index in [-0.39, 0.29) is 6.10 Å². The van der Waals surface area contributed by atoms with Crippen LogP contribution in [0.2, 0.25) is 0 Å². The Balaban J connectivity index is 2.21. The van der Waals surface area contributed by atoms with E-state index in [4.69, 9.17) is 4.74 Å². The van der Waals surface area contributed by atoms with Gasteiger partial charge in [0.15, 0.2) is 0 Å². The zero-order chi connectivity index (χ0) is 12.7. The molecule has 1 N–H and O–H groups in total. The highest BCUT2D eigenvalue weighted by Crippen LogP contribution is 2.20. The summed E-state index contributed by atoms with van der Waals surface area (Å²) in [6.45, 7) is 8.57. The van der Waals surface area contributed by atoms with Gasteiger partial charge in [-0.3, -0.25) is 0 Å². The number of methoxy groups -OCH3 is 1. The Bertz CT molecular complexity index is 314. The summed E-state index contributed by atoms with van der Waals surface area (Å²) in [5.74, 6) is 0.714. The third-order valence-electron chi connectivity index (χ3n) is 2.48. The van der Waals surface area contributed by atoms with Crippen molar-refractivity contribution in [1.82, 2.24) is 15.5 Å². The molecule has 1 aromatic heterocycles. The fourth-order valence-electron chi connectivity index (χ4n) is 1.39. The molecular weight excluding hydrogens is 234 g/mol. The molecule has 0 saturated heterocycles. The van der Waals surface area contributed by atoms with Crippen LogP contribution in [-0.2, 0) is 11.2 Å². The molecule has 4 nitrogen and oxygen atoms in total. The van der Waals surface area contributed by atoms with Gasteiger partial charge in [-0.1, -0.05) is 25.2 Å². The predicted octanol–water partition coefficient (Wildman–Crippen LogP) is 2.42. The quantitative estimate of drug-likeness (QED) is 0.727. The van der Waals surface area contributed by atoms with Crippen molar-refractivity contribution >= 4 is 11.3 Å². The number of aryl methyl sites for hydroxylation is 1. The Morgan fingerprint density at radius 2 is 2.06 bits per heavy atom. The summed E-state index contributed by atoms with van der Waals surface area (Å²) in [5.41, 5.74) is 0. The molecule has 1 atom stereocenters. The lowest BCUT2D eigenvalue weighted by molar-refractivity contribution is 0.118. The molecule has 1 aromatic rings. The summed E-state index contributed by atoms with van der Waals surface area (Å²) in [4.78, 5) is 0. The average Bonchev–Trinajstić information content (AvgIpc) is 2.76. The van der Waals surface area contributed by atoms with Crippen molar-refractivity contribution < 1.29 is 4.74 Å². The number of ether oxygens (including phenoxy) is 1. The van der Waals surface area contributed by atoms with E-state index < -0.39 is 0 Å². The Hall–Kier alpha value is -0.520. The number of rotatable bonds is 8. The minimum Gasteiger partial charge on any atom is -0.374 e. The standard InChI is InChI=1S/C12H23N3OS/c1-9(2)8-13-7-5-6-11-14-15-12(17-11)10(3)16-4/h9-10,13H,5-8H2,1-4H3. The highest BCUT2D eigenvalue weighted by Gasteiger charge is 2.10. The van der Waals surface area contributed by atoms with Gasteiger partial charge in [-0.15, -0.1) is 10.2 Å². The average molecular weight is 257 g/mol. The summed E-state index contributed by atoms with van der Waals surface area (Å²) in [6, 6.07) is 0. The molecular formula is C12H23N3OS. The molecule has 98 valence electrons. The van der Waals surface area contributed by atoms with Crippen molar-refractivity contribution in [3.05, 3.63) is 10.0 Å². The van der Waals surface area contributed by atoms with Crippen molar-refractivity contribution in [2.45, 2.75) is 39.7 Å². The number of hydrogen-bond acceptors (Lipinski definition) is 5. The van der Waals surface area contributed by atoms with Gasteiger partial charge in [0.25, 0.3) is 0 Å². The smallest absolute Gasteiger partial charge is 0.146 e. The maximum Gasteiger partial charge on any atom is 0.146 e. The molecule has 0 aromatic carbocycles. The van der Waals surface area contributed by atoms with E-state index in [0.29, 0.717) is 5.92 Å². The molecule has 0 fully saturated rings. The van der Waals surface area contributed by atoms with Crippen LogP contribution in [0.1, 0.15) is 43.3 Å². The SMILES string of the molecule is COC(C)c1nnc(CCCNCC(C)C)s1. The van der Waals surface area contributed by atoms with Crippen molar-refractivity contribution in [3.63, 3.8) is 0 Å². The first-order valence-corrected chi connectivity index (χ1v) is 7.01. The molecule has 0 aliphatic rings. The maximum absolute atomic E-state index is 5.21. The topological polar surface area (TPSA) is 47.0 Å². The second-order valence-corrected chi connectivity index (χ2v) is 5.71. The van der Waals surface area contributed by atoms with Crippen LogP contribution in [0.5, 0.6) is 0 Å². The summed E-state index contributed by atoms with van der Waals surface area (Å²) in [5, 5.41) is 13.8. The highest BCUT2D eigenvalue weighted by atomic mass is 32.1. The molecule has 1 rings (SSSR count). The lowest BCUT2D eigenvalue weighted by atomic mass is 10.2. The van der Waals surface area contributed by atoms with Crippen molar-refractivity contribution in [2.24, 2.45) is 5.92 Å². The molecule has 1 unspecified atom stereocenters. The summed E-state index contributed by atoms with van der Waals surface area (Å²) in [6.07, 6.45) is 2.17. The predicted molar refractivity (Wildman–Crippen MR) is 71.4 cm³/mol. The molecule has 5 heteroatoms. The molecule has 0 aliphatic carbocycles. The zero-order valence-electron chi connectivity index (χ0n) is 11.2. The van der Waals surface area contributed by atoms with Gasteiger partial charge >= 0.3 is 0 Å². The summed E-state index contributed by atoms with van der Waals surface area (Å²) < 4.78 is 5.21. The molecule has 0 spiro atoms. The van der Waals surface area contributed by atoms with Crippen LogP contribution in [0.3, 0.4) is 0 Å². The number of hydrogen-bond donors (Lipinski definition) is 1. The van der Waals surface area contributed by atoms with E-state index in [9.17, 15) is 0 Å². The number of nitrogens with zero attached hydrogens (tertiary/aromatic N) is 2. The Morgan fingerprint density at radius 1 is 1.29 bits per heavy atom. The van der Waals surface area contributed by atoms with E-state index in [1.165, 1.54) is 0 Å². The lowest BCUT2D eigenvalue weighted by Crippen LogP contribution is -2.21. The summed E-state index contributed by atoms with van der Waals surface area (Å²) in [7, 11) is 1.70. The zero-order valence-corrected chi connectivity index (χ0v) is 12.0. The first kappa shape index (κ1) is 14.5. The lowest BCUT2D eigenvalue weighted by Gasteiger charge is -2.05. The second-order valence-electron chi connectivity index (χ2n) is 4.61. The van der Waals surface area contributed by atoms with E-state index in [1.807, 2.05) is 6.92 Å². The molecule has 0 saturated carbocycles. The number of aromatic nitrogens is 2. The van der Waals surface area contributed by atoms with Crippen LogP contribution in [0.15, 0.2) is 0 Å². The Labute approximate surface area is 108 Å². The third-order valence-corrected chi connectivity index (χ3v) is 3.62. The molecule has 0 bridgehead atoms. The van der Waals surface area contributed by atoms with Gasteiger partial charge in [-0.2, -0.15) is 0 Å². The van der Waals surface area contributed by atoms with E-state index in [1.54, 1.807) is 18.4 Å². The summed E-state index contributed by atoms with van der Waals surface area (Å²) >= 11 is 1.65. The van der Waals surface area contributed by atoms with Crippen molar-refractivity contribution in [1.29, 1.82) is 0 Å². The first-order chi connectivity index (χ1) is 8.13. The van der Waals surface area contributed by atoms with Gasteiger partial charge in [0.2, 0.25) is 0 Å². The van der Waals surface area contributed by atoms with Gasteiger partial charge in [0, 0.05) is 13.5 Å². The van der Waals surface area contributed by atoms with Gasteiger partial charge in [0.1, 0.15) is 16.1 Å². The monoisotopic (exact) mass is 257 g/mol. The van der Waals surface area contributed by atoms with E-state index in [0.717, 1.165) is 35.9 Å². The molecule has 0 amide bonds. The Kier molecular flexibility index (Phi) is 6.62. The molecule has 17 heavy (non-hydrogen) atoms. The third kappa shape index (κ3) is 5.57. The Morgan fingerprint density at radius 3 is 2.71 bits per heavy atom. The molecule has 1 heterocycles. The fraction of sp³-hybridized carbons (Fsp3) is 0.833. The van der Waals surface area contributed by atoms with Gasteiger partial charge < -0.3 is 10.1 Å². The van der Waals surface area contributed by atoms with Gasteiger partial charge in [0.05, 0.1) is 0 Å². The molecule has 0 radical (unpaired) electrons.